The highest BCUT2D eigenvalue weighted by Crippen LogP contribution is 2.30. The van der Waals surface area contributed by atoms with E-state index in [0.717, 1.165) is 34.0 Å². The Labute approximate surface area is 211 Å². The van der Waals surface area contributed by atoms with Crippen molar-refractivity contribution >= 4 is 11.4 Å². The number of nitro groups is 2. The average Bonchev–Trinajstić information content (AvgIpc) is 2.93. The summed E-state index contributed by atoms with van der Waals surface area (Å²) in [4.78, 5) is 21.2. The van der Waals surface area contributed by atoms with Gasteiger partial charge < -0.3 is 5.11 Å². The maximum atomic E-state index is 11.5. The van der Waals surface area contributed by atoms with Crippen molar-refractivity contribution in [3.63, 3.8) is 0 Å². The molecule has 0 spiro atoms. The molecule has 1 N–H and O–H groups in total. The van der Waals surface area contributed by atoms with Crippen molar-refractivity contribution in [2.75, 3.05) is 0 Å². The minimum atomic E-state index is -0.660. The van der Waals surface area contributed by atoms with Crippen molar-refractivity contribution in [2.24, 2.45) is 0 Å². The molecule has 5 aromatic rings. The van der Waals surface area contributed by atoms with Gasteiger partial charge in [-0.2, -0.15) is 9.13 Å². The first kappa shape index (κ1) is 23.3. The number of aromatic nitrogens is 2. The highest BCUT2D eigenvalue weighted by Gasteiger charge is 2.26. The summed E-state index contributed by atoms with van der Waals surface area (Å²) in [5, 5.41) is 32.8. The van der Waals surface area contributed by atoms with E-state index in [1.165, 1.54) is 12.1 Å². The Morgan fingerprint density at radius 2 is 1.24 bits per heavy atom. The predicted octanol–water partition coefficient (Wildman–Crippen LogP) is 5.10. The smallest absolute Gasteiger partial charge is 0.347 e. The van der Waals surface area contributed by atoms with Crippen LogP contribution < -0.4 is 9.13 Å². The van der Waals surface area contributed by atoms with Crippen molar-refractivity contribution < 1.29 is 24.1 Å². The molecular weight excluding hydrogens is 472 g/mol. The van der Waals surface area contributed by atoms with Gasteiger partial charge in [0.1, 0.15) is 11.8 Å². The maximum absolute atomic E-state index is 11.5. The molecule has 5 rings (SSSR count). The van der Waals surface area contributed by atoms with Crippen LogP contribution in [0.3, 0.4) is 0 Å². The molecule has 0 aliphatic rings. The predicted molar refractivity (Wildman–Crippen MR) is 135 cm³/mol. The number of benzene rings is 3. The van der Waals surface area contributed by atoms with Crippen LogP contribution in [0, 0.1) is 20.2 Å². The van der Waals surface area contributed by atoms with E-state index >= 15 is 0 Å². The Kier molecular flexibility index (Phi) is 6.09. The third-order valence-electron chi connectivity index (χ3n) is 6.00. The van der Waals surface area contributed by atoms with Crippen LogP contribution in [0.15, 0.2) is 116 Å². The van der Waals surface area contributed by atoms with E-state index in [9.17, 15) is 25.3 Å². The average molecular weight is 492 g/mol. The zero-order chi connectivity index (χ0) is 25.9. The van der Waals surface area contributed by atoms with Gasteiger partial charge in [0.25, 0.3) is 11.4 Å². The molecule has 2 heterocycles. The molecule has 37 heavy (non-hydrogen) atoms. The summed E-state index contributed by atoms with van der Waals surface area (Å²) in [6, 6.07) is 26.2. The van der Waals surface area contributed by atoms with E-state index < -0.39 is 9.85 Å². The first-order chi connectivity index (χ1) is 17.9. The summed E-state index contributed by atoms with van der Waals surface area (Å²) in [6.07, 6.45) is 7.19. The summed E-state index contributed by atoms with van der Waals surface area (Å²) in [5.41, 5.74) is 3.92. The molecule has 0 amide bonds. The molecule has 2 aromatic heterocycles. The SMILES string of the molecule is O=[N+]([O-])c1ccc(-[n+]2ccc(-c3cc[n+](-c4ccc(O)c(-c5ccccc5)c4)cc3)cc2)c([N+](=O)[O-])c1. The number of pyridine rings is 2. The normalized spacial score (nSPS) is 10.7. The lowest BCUT2D eigenvalue weighted by molar-refractivity contribution is -0.600. The van der Waals surface area contributed by atoms with E-state index in [2.05, 4.69) is 0 Å². The Hall–Kier alpha value is -5.44. The number of rotatable bonds is 6. The van der Waals surface area contributed by atoms with Gasteiger partial charge in [-0.15, -0.1) is 0 Å². The van der Waals surface area contributed by atoms with Crippen LogP contribution in [0.4, 0.5) is 11.4 Å². The third kappa shape index (κ3) is 4.73. The molecule has 0 radical (unpaired) electrons. The lowest BCUT2D eigenvalue weighted by atomic mass is 10.0. The number of hydrogen-bond acceptors (Lipinski definition) is 5. The van der Waals surface area contributed by atoms with E-state index in [4.69, 9.17) is 0 Å². The molecule has 0 saturated carbocycles. The summed E-state index contributed by atoms with van der Waals surface area (Å²) >= 11 is 0. The number of phenols is 1. The largest absolute Gasteiger partial charge is 0.507 e. The fourth-order valence-electron chi connectivity index (χ4n) is 4.09. The van der Waals surface area contributed by atoms with Gasteiger partial charge >= 0.3 is 5.69 Å². The molecule has 9 nitrogen and oxygen atoms in total. The van der Waals surface area contributed by atoms with Crippen molar-refractivity contribution in [1.29, 1.82) is 0 Å². The second-order valence-corrected chi connectivity index (χ2v) is 8.24. The molecule has 9 heteroatoms. The highest BCUT2D eigenvalue weighted by molar-refractivity contribution is 5.71. The number of aromatic hydroxyl groups is 1. The van der Waals surface area contributed by atoms with E-state index in [1.807, 2.05) is 83.7 Å². The maximum Gasteiger partial charge on any atom is 0.347 e. The van der Waals surface area contributed by atoms with Gasteiger partial charge in [-0.05, 0) is 22.8 Å². The van der Waals surface area contributed by atoms with Gasteiger partial charge in [0.15, 0.2) is 24.8 Å². The second kappa shape index (κ2) is 9.67. The Balaban J connectivity index is 1.42. The van der Waals surface area contributed by atoms with E-state index in [0.29, 0.717) is 0 Å². The highest BCUT2D eigenvalue weighted by atomic mass is 16.6. The van der Waals surface area contributed by atoms with Crippen LogP contribution in [-0.2, 0) is 0 Å². The quantitative estimate of drug-likeness (QED) is 0.201. The van der Waals surface area contributed by atoms with Gasteiger partial charge in [0.05, 0.1) is 9.85 Å². The van der Waals surface area contributed by atoms with Crippen molar-refractivity contribution in [1.82, 2.24) is 0 Å². The van der Waals surface area contributed by atoms with Gasteiger partial charge in [0, 0.05) is 54.1 Å². The topological polar surface area (TPSA) is 114 Å². The Morgan fingerprint density at radius 3 is 1.84 bits per heavy atom. The number of non-ortho nitro benzene ring substituents is 1. The van der Waals surface area contributed by atoms with Crippen molar-refractivity contribution in [2.45, 2.75) is 0 Å². The van der Waals surface area contributed by atoms with E-state index in [-0.39, 0.29) is 22.8 Å². The van der Waals surface area contributed by atoms with Crippen LogP contribution in [0.2, 0.25) is 0 Å². The number of phenolic OH excluding ortho intramolecular Hbond substituents is 1. The van der Waals surface area contributed by atoms with Gasteiger partial charge in [-0.3, -0.25) is 20.2 Å². The van der Waals surface area contributed by atoms with Gasteiger partial charge in [-0.1, -0.05) is 30.3 Å². The minimum Gasteiger partial charge on any atom is -0.507 e. The standard InChI is InChI=1S/C28H19N4O5/c33-28-9-7-23(18-25(28)22-4-2-1-3-5-22)29-14-10-20(11-15-29)21-12-16-30(17-13-21)26-8-6-24(31(34)35)19-27(26)32(36)37/h1-19H/q+1/p+1. The zero-order valence-corrected chi connectivity index (χ0v) is 19.3. The summed E-state index contributed by atoms with van der Waals surface area (Å²) < 4.78 is 3.49. The molecule has 0 aliphatic heterocycles. The second-order valence-electron chi connectivity index (χ2n) is 8.24. The lowest BCUT2D eigenvalue weighted by Gasteiger charge is -2.06. The van der Waals surface area contributed by atoms with Crippen LogP contribution in [-0.4, -0.2) is 15.0 Å². The number of nitrogens with zero attached hydrogens (tertiary/aromatic N) is 4. The van der Waals surface area contributed by atoms with E-state index in [1.54, 1.807) is 23.0 Å². The van der Waals surface area contributed by atoms with Crippen molar-refractivity contribution in [3.8, 4) is 39.4 Å². The molecule has 0 aliphatic carbocycles. The Morgan fingerprint density at radius 1 is 0.622 bits per heavy atom. The number of hydrogen-bond donors (Lipinski definition) is 1. The zero-order valence-electron chi connectivity index (χ0n) is 19.3. The Bertz CT molecular complexity index is 1620. The fraction of sp³-hybridized carbons (Fsp3) is 0. The lowest BCUT2D eigenvalue weighted by Crippen LogP contribution is -2.30. The molecule has 3 aromatic carbocycles. The third-order valence-corrected chi connectivity index (χ3v) is 6.00. The molecular formula is C28H20N4O5+2. The molecule has 0 fully saturated rings. The van der Waals surface area contributed by atoms with Gasteiger partial charge in [0.2, 0.25) is 5.69 Å². The monoisotopic (exact) mass is 492 g/mol. The van der Waals surface area contributed by atoms with Crippen molar-refractivity contribution in [3.05, 3.63) is 136 Å². The molecule has 0 unspecified atom stereocenters. The molecule has 0 bridgehead atoms. The van der Waals surface area contributed by atoms with Crippen LogP contribution >= 0.6 is 0 Å². The fourth-order valence-corrected chi connectivity index (χ4v) is 4.09. The summed E-state index contributed by atoms with van der Waals surface area (Å²) in [5.74, 6) is 0.206. The minimum absolute atomic E-state index is 0.206. The van der Waals surface area contributed by atoms with Crippen LogP contribution in [0.5, 0.6) is 5.75 Å². The summed E-state index contributed by atoms with van der Waals surface area (Å²) in [7, 11) is 0. The first-order valence-corrected chi connectivity index (χ1v) is 11.3. The summed E-state index contributed by atoms with van der Waals surface area (Å²) in [6.45, 7) is 0. The van der Waals surface area contributed by atoms with Crippen LogP contribution in [0.25, 0.3) is 33.6 Å². The van der Waals surface area contributed by atoms with Gasteiger partial charge in [-0.25, -0.2) is 0 Å². The first-order valence-electron chi connectivity index (χ1n) is 11.3. The van der Waals surface area contributed by atoms with Crippen LogP contribution in [0.1, 0.15) is 0 Å². The molecule has 0 atom stereocenters. The molecule has 0 saturated heterocycles. The molecule has 180 valence electrons. The number of nitro benzene ring substituents is 2.